The van der Waals surface area contributed by atoms with Gasteiger partial charge in [0.25, 0.3) is 0 Å². The van der Waals surface area contributed by atoms with E-state index in [1.54, 1.807) is 16.7 Å². The van der Waals surface area contributed by atoms with Gasteiger partial charge in [-0.3, -0.25) is 0 Å². The van der Waals surface area contributed by atoms with Crippen molar-refractivity contribution in [3.05, 3.63) is 40.5 Å². The molecule has 0 saturated heterocycles. The molecule has 0 aromatic heterocycles. The average molecular weight is 268 g/mol. The summed E-state index contributed by atoms with van der Waals surface area (Å²) in [6.45, 7) is 7.09. The monoisotopic (exact) mass is 268 g/mol. The number of hydrogen-bond donors (Lipinski definition) is 0. The van der Waals surface area contributed by atoms with Crippen molar-refractivity contribution in [3.8, 4) is 0 Å². The van der Waals surface area contributed by atoms with Gasteiger partial charge in [0.05, 0.1) is 0 Å². The van der Waals surface area contributed by atoms with Crippen LogP contribution in [-0.4, -0.2) is 0 Å². The Morgan fingerprint density at radius 1 is 1.05 bits per heavy atom. The maximum absolute atomic E-state index is 2.53. The Kier molecular flexibility index (Phi) is 3.75. The smallest absolute Gasteiger partial charge is 0.00273 e. The van der Waals surface area contributed by atoms with Crippen molar-refractivity contribution in [1.82, 2.24) is 0 Å². The summed E-state index contributed by atoms with van der Waals surface area (Å²) in [5, 5.41) is 0. The Balaban J connectivity index is 1.73. The predicted octanol–water partition coefficient (Wildman–Crippen LogP) is 5.89. The first-order valence-electron chi connectivity index (χ1n) is 8.43. The highest BCUT2D eigenvalue weighted by Crippen LogP contribution is 2.42. The molecule has 0 aliphatic heterocycles. The first-order chi connectivity index (χ1) is 9.59. The summed E-state index contributed by atoms with van der Waals surface area (Å²) < 4.78 is 0. The normalized spacial score (nSPS) is 22.1. The standard InChI is InChI=1S/C20H28/c1-4-5-6-7-8-15-9-10-16-11-17-13-20(2,3)14-18(17)12-19(15)16/h9-12,15H,4-8,13-14H2,1-3H3. The molecule has 0 fully saturated rings. The van der Waals surface area contributed by atoms with Gasteiger partial charge in [-0.05, 0) is 46.9 Å². The number of rotatable bonds is 5. The summed E-state index contributed by atoms with van der Waals surface area (Å²) in [6.07, 6.45) is 14.2. The Morgan fingerprint density at radius 2 is 1.80 bits per heavy atom. The number of fused-ring (bicyclic) bond motifs is 2. The van der Waals surface area contributed by atoms with Crippen LogP contribution in [0.15, 0.2) is 18.2 Å². The third kappa shape index (κ3) is 2.71. The van der Waals surface area contributed by atoms with E-state index < -0.39 is 0 Å². The van der Waals surface area contributed by atoms with Crippen molar-refractivity contribution in [2.45, 2.75) is 71.6 Å². The van der Waals surface area contributed by atoms with Crippen LogP contribution in [0.5, 0.6) is 0 Å². The molecule has 1 atom stereocenters. The molecule has 0 saturated carbocycles. The second-order valence-corrected chi connectivity index (χ2v) is 7.58. The summed E-state index contributed by atoms with van der Waals surface area (Å²) in [5.41, 5.74) is 6.80. The van der Waals surface area contributed by atoms with E-state index in [1.165, 1.54) is 50.5 Å². The molecule has 0 nitrogen and oxygen atoms in total. The zero-order valence-electron chi connectivity index (χ0n) is 13.3. The number of unbranched alkanes of at least 4 members (excludes halogenated alkanes) is 3. The van der Waals surface area contributed by atoms with Crippen LogP contribution in [-0.2, 0) is 12.8 Å². The van der Waals surface area contributed by atoms with Gasteiger partial charge in [-0.25, -0.2) is 0 Å². The molecule has 20 heavy (non-hydrogen) atoms. The average Bonchev–Trinajstić information content (AvgIpc) is 2.90. The zero-order valence-corrected chi connectivity index (χ0v) is 13.3. The lowest BCUT2D eigenvalue weighted by Gasteiger charge is -2.15. The van der Waals surface area contributed by atoms with Crippen LogP contribution < -0.4 is 0 Å². The van der Waals surface area contributed by atoms with Crippen molar-refractivity contribution >= 4 is 6.08 Å². The molecule has 1 unspecified atom stereocenters. The molecule has 0 bridgehead atoms. The van der Waals surface area contributed by atoms with Crippen molar-refractivity contribution in [2.75, 3.05) is 0 Å². The highest BCUT2D eigenvalue weighted by atomic mass is 14.3. The fourth-order valence-corrected chi connectivity index (χ4v) is 3.98. The van der Waals surface area contributed by atoms with Crippen LogP contribution in [0.25, 0.3) is 6.08 Å². The van der Waals surface area contributed by atoms with Crippen molar-refractivity contribution < 1.29 is 0 Å². The third-order valence-electron chi connectivity index (χ3n) is 5.02. The van der Waals surface area contributed by atoms with E-state index >= 15 is 0 Å². The molecule has 108 valence electrons. The van der Waals surface area contributed by atoms with E-state index in [9.17, 15) is 0 Å². The molecule has 0 N–H and O–H groups in total. The lowest BCUT2D eigenvalue weighted by atomic mass is 9.90. The Hall–Kier alpha value is -1.04. The Labute approximate surface area is 124 Å². The summed E-state index contributed by atoms with van der Waals surface area (Å²) in [4.78, 5) is 0. The van der Waals surface area contributed by atoms with E-state index in [-0.39, 0.29) is 0 Å². The first kappa shape index (κ1) is 13.9. The molecule has 2 aliphatic carbocycles. The molecular formula is C20H28. The van der Waals surface area contributed by atoms with Gasteiger partial charge in [0.15, 0.2) is 0 Å². The molecular weight excluding hydrogens is 240 g/mol. The SMILES string of the molecule is CCCCCCC1C=Cc2cc3c(cc21)CC(C)(C)C3. The number of benzene rings is 1. The maximum atomic E-state index is 2.53. The van der Waals surface area contributed by atoms with Crippen molar-refractivity contribution in [3.63, 3.8) is 0 Å². The minimum absolute atomic E-state index is 0.470. The van der Waals surface area contributed by atoms with E-state index in [2.05, 4.69) is 45.1 Å². The molecule has 0 heteroatoms. The number of allylic oxidation sites excluding steroid dienone is 1. The van der Waals surface area contributed by atoms with E-state index in [0.29, 0.717) is 11.3 Å². The lowest BCUT2D eigenvalue weighted by molar-refractivity contribution is 0.392. The minimum Gasteiger partial charge on any atom is -0.0764 e. The van der Waals surface area contributed by atoms with E-state index in [0.717, 1.165) is 0 Å². The summed E-state index contributed by atoms with van der Waals surface area (Å²) in [7, 11) is 0. The topological polar surface area (TPSA) is 0 Å². The molecule has 3 rings (SSSR count). The molecule has 2 aliphatic rings. The molecule has 0 amide bonds. The molecule has 1 aromatic carbocycles. The van der Waals surface area contributed by atoms with E-state index in [1.807, 2.05) is 0 Å². The predicted molar refractivity (Wildman–Crippen MR) is 88.2 cm³/mol. The van der Waals surface area contributed by atoms with Gasteiger partial charge in [0, 0.05) is 5.92 Å². The quantitative estimate of drug-likeness (QED) is 0.584. The summed E-state index contributed by atoms with van der Waals surface area (Å²) in [5.74, 6) is 0.691. The highest BCUT2D eigenvalue weighted by molar-refractivity contribution is 5.65. The second kappa shape index (κ2) is 5.39. The molecule has 0 spiro atoms. The molecule has 1 aromatic rings. The van der Waals surface area contributed by atoms with Crippen molar-refractivity contribution in [2.24, 2.45) is 5.41 Å². The van der Waals surface area contributed by atoms with Crippen molar-refractivity contribution in [1.29, 1.82) is 0 Å². The van der Waals surface area contributed by atoms with Crippen LogP contribution in [0.1, 0.15) is 81.0 Å². The van der Waals surface area contributed by atoms with Crippen LogP contribution in [0.3, 0.4) is 0 Å². The van der Waals surface area contributed by atoms with Crippen LogP contribution in [0, 0.1) is 5.41 Å². The van der Waals surface area contributed by atoms with Crippen LogP contribution in [0.4, 0.5) is 0 Å². The number of hydrogen-bond acceptors (Lipinski definition) is 0. The fraction of sp³-hybridized carbons (Fsp3) is 0.600. The minimum atomic E-state index is 0.470. The van der Waals surface area contributed by atoms with Crippen LogP contribution in [0.2, 0.25) is 0 Å². The summed E-state index contributed by atoms with van der Waals surface area (Å²) in [6, 6.07) is 5.01. The largest absolute Gasteiger partial charge is 0.0764 e. The first-order valence-corrected chi connectivity index (χ1v) is 8.43. The highest BCUT2D eigenvalue weighted by Gasteiger charge is 2.30. The van der Waals surface area contributed by atoms with E-state index in [4.69, 9.17) is 0 Å². The molecule has 0 radical (unpaired) electrons. The van der Waals surface area contributed by atoms with Gasteiger partial charge in [-0.15, -0.1) is 0 Å². The van der Waals surface area contributed by atoms with Gasteiger partial charge in [-0.1, -0.05) is 70.7 Å². The maximum Gasteiger partial charge on any atom is 0.00273 e. The fourth-order valence-electron chi connectivity index (χ4n) is 3.98. The zero-order chi connectivity index (χ0) is 14.2. The van der Waals surface area contributed by atoms with Gasteiger partial charge >= 0.3 is 0 Å². The lowest BCUT2D eigenvalue weighted by Crippen LogP contribution is -2.09. The van der Waals surface area contributed by atoms with Gasteiger partial charge < -0.3 is 0 Å². The third-order valence-corrected chi connectivity index (χ3v) is 5.02. The summed E-state index contributed by atoms with van der Waals surface area (Å²) >= 11 is 0. The van der Waals surface area contributed by atoms with Gasteiger partial charge in [-0.2, -0.15) is 0 Å². The second-order valence-electron chi connectivity index (χ2n) is 7.58. The Bertz CT molecular complexity index is 519. The molecule has 0 heterocycles. The Morgan fingerprint density at radius 3 is 2.55 bits per heavy atom. The van der Waals surface area contributed by atoms with Crippen LogP contribution >= 0.6 is 0 Å². The van der Waals surface area contributed by atoms with Gasteiger partial charge in [0.2, 0.25) is 0 Å². The van der Waals surface area contributed by atoms with Gasteiger partial charge in [0.1, 0.15) is 0 Å².